The van der Waals surface area contributed by atoms with Crippen LogP contribution in [0.1, 0.15) is 41.9 Å². The van der Waals surface area contributed by atoms with Crippen LogP contribution in [0, 0.1) is 13.8 Å². The van der Waals surface area contributed by atoms with Crippen molar-refractivity contribution in [3.05, 3.63) is 40.9 Å². The van der Waals surface area contributed by atoms with E-state index in [0.29, 0.717) is 23.9 Å². The van der Waals surface area contributed by atoms with Crippen LogP contribution in [0.15, 0.2) is 12.3 Å². The number of aryl methyl sites for hydroxylation is 3. The van der Waals surface area contributed by atoms with Crippen molar-refractivity contribution >= 4 is 5.82 Å². The van der Waals surface area contributed by atoms with Crippen molar-refractivity contribution in [3.63, 3.8) is 0 Å². The molecule has 0 atom stereocenters. The normalized spacial score (nSPS) is 11.6. The summed E-state index contributed by atoms with van der Waals surface area (Å²) >= 11 is 0. The van der Waals surface area contributed by atoms with E-state index in [-0.39, 0.29) is 12.2 Å². The number of anilines is 1. The second-order valence-electron chi connectivity index (χ2n) is 5.53. The van der Waals surface area contributed by atoms with Gasteiger partial charge in [-0.3, -0.25) is 0 Å². The third-order valence-corrected chi connectivity index (χ3v) is 3.34. The standard InChI is InChI=1S/C16H20F3N5/c1-4-5-12-9-21-11(3)23-15(12)20-7-6-14-22-10(2)8-13(24-14)16(17,18)19/h8-9H,4-7H2,1-3H3,(H,20,21,23). The van der Waals surface area contributed by atoms with Crippen molar-refractivity contribution in [1.82, 2.24) is 19.9 Å². The minimum Gasteiger partial charge on any atom is -0.369 e. The lowest BCUT2D eigenvalue weighted by Crippen LogP contribution is -2.15. The van der Waals surface area contributed by atoms with Gasteiger partial charge in [-0.05, 0) is 26.3 Å². The Morgan fingerprint density at radius 2 is 1.83 bits per heavy atom. The molecule has 0 bridgehead atoms. The summed E-state index contributed by atoms with van der Waals surface area (Å²) in [6, 6.07) is 0.948. The molecule has 0 aliphatic heterocycles. The molecule has 0 amide bonds. The maximum Gasteiger partial charge on any atom is 0.433 e. The lowest BCUT2D eigenvalue weighted by Gasteiger charge is -2.12. The van der Waals surface area contributed by atoms with Gasteiger partial charge in [0.05, 0.1) is 0 Å². The second-order valence-corrected chi connectivity index (χ2v) is 5.53. The Labute approximate surface area is 138 Å². The molecule has 0 radical (unpaired) electrons. The smallest absolute Gasteiger partial charge is 0.369 e. The van der Waals surface area contributed by atoms with Crippen molar-refractivity contribution < 1.29 is 13.2 Å². The summed E-state index contributed by atoms with van der Waals surface area (Å²) in [5, 5.41) is 3.15. The van der Waals surface area contributed by atoms with Gasteiger partial charge < -0.3 is 5.32 Å². The molecule has 0 spiro atoms. The molecule has 0 unspecified atom stereocenters. The van der Waals surface area contributed by atoms with Crippen molar-refractivity contribution in [2.75, 3.05) is 11.9 Å². The Morgan fingerprint density at radius 3 is 2.50 bits per heavy atom. The summed E-state index contributed by atoms with van der Waals surface area (Å²) in [5.74, 6) is 1.52. The van der Waals surface area contributed by atoms with Gasteiger partial charge in [-0.2, -0.15) is 13.2 Å². The van der Waals surface area contributed by atoms with E-state index in [9.17, 15) is 13.2 Å². The number of aromatic nitrogens is 4. The van der Waals surface area contributed by atoms with Crippen LogP contribution in [-0.2, 0) is 19.0 Å². The van der Waals surface area contributed by atoms with E-state index in [4.69, 9.17) is 0 Å². The molecule has 8 heteroatoms. The minimum absolute atomic E-state index is 0.164. The molecule has 0 saturated heterocycles. The molecule has 2 rings (SSSR count). The number of nitrogens with zero attached hydrogens (tertiary/aromatic N) is 4. The molecular weight excluding hydrogens is 319 g/mol. The first-order valence-corrected chi connectivity index (χ1v) is 7.77. The molecule has 0 aliphatic rings. The number of nitrogens with one attached hydrogen (secondary N) is 1. The quantitative estimate of drug-likeness (QED) is 0.872. The van der Waals surface area contributed by atoms with Crippen LogP contribution in [0.3, 0.4) is 0 Å². The van der Waals surface area contributed by atoms with Crippen LogP contribution in [0.25, 0.3) is 0 Å². The molecule has 2 heterocycles. The first kappa shape index (κ1) is 18.1. The summed E-state index contributed by atoms with van der Waals surface area (Å²) in [7, 11) is 0. The summed E-state index contributed by atoms with van der Waals surface area (Å²) in [5.41, 5.74) is 0.385. The van der Waals surface area contributed by atoms with E-state index >= 15 is 0 Å². The van der Waals surface area contributed by atoms with Gasteiger partial charge in [-0.15, -0.1) is 0 Å². The Bertz CT molecular complexity index is 701. The average Bonchev–Trinajstić information content (AvgIpc) is 2.48. The molecule has 24 heavy (non-hydrogen) atoms. The Hall–Kier alpha value is -2.25. The highest BCUT2D eigenvalue weighted by Gasteiger charge is 2.33. The number of hydrogen-bond acceptors (Lipinski definition) is 5. The van der Waals surface area contributed by atoms with Gasteiger partial charge in [0.1, 0.15) is 23.2 Å². The number of halogens is 3. The van der Waals surface area contributed by atoms with E-state index in [1.54, 1.807) is 13.1 Å². The molecular formula is C16H20F3N5. The highest BCUT2D eigenvalue weighted by molar-refractivity contribution is 5.43. The predicted molar refractivity (Wildman–Crippen MR) is 84.7 cm³/mol. The summed E-state index contributed by atoms with van der Waals surface area (Å²) in [6.07, 6.45) is -0.620. The van der Waals surface area contributed by atoms with E-state index in [0.717, 1.165) is 24.5 Å². The third kappa shape index (κ3) is 4.87. The minimum atomic E-state index is -4.46. The average molecular weight is 339 g/mol. The van der Waals surface area contributed by atoms with Crippen LogP contribution >= 0.6 is 0 Å². The maximum absolute atomic E-state index is 12.8. The third-order valence-electron chi connectivity index (χ3n) is 3.34. The Morgan fingerprint density at radius 1 is 1.08 bits per heavy atom. The lowest BCUT2D eigenvalue weighted by molar-refractivity contribution is -0.141. The van der Waals surface area contributed by atoms with Crippen LogP contribution in [0.4, 0.5) is 19.0 Å². The topological polar surface area (TPSA) is 63.6 Å². The molecule has 2 aromatic rings. The van der Waals surface area contributed by atoms with E-state index < -0.39 is 11.9 Å². The molecule has 0 fully saturated rings. The van der Waals surface area contributed by atoms with Crippen LogP contribution < -0.4 is 5.32 Å². The number of alkyl halides is 3. The zero-order valence-electron chi connectivity index (χ0n) is 13.9. The number of rotatable bonds is 6. The molecule has 130 valence electrons. The lowest BCUT2D eigenvalue weighted by atomic mass is 10.2. The molecule has 0 aromatic carbocycles. The molecule has 1 N–H and O–H groups in total. The van der Waals surface area contributed by atoms with Gasteiger partial charge in [0.25, 0.3) is 0 Å². The highest BCUT2D eigenvalue weighted by atomic mass is 19.4. The second kappa shape index (κ2) is 7.55. The summed E-state index contributed by atoms with van der Waals surface area (Å²) in [6.45, 7) is 5.78. The molecule has 0 saturated carbocycles. The van der Waals surface area contributed by atoms with Crippen molar-refractivity contribution in [1.29, 1.82) is 0 Å². The van der Waals surface area contributed by atoms with Gasteiger partial charge >= 0.3 is 6.18 Å². The van der Waals surface area contributed by atoms with Gasteiger partial charge in [-0.25, -0.2) is 19.9 Å². The summed E-state index contributed by atoms with van der Waals surface area (Å²) < 4.78 is 38.4. The molecule has 5 nitrogen and oxygen atoms in total. The van der Waals surface area contributed by atoms with Crippen LogP contribution in [0.2, 0.25) is 0 Å². The molecule has 0 aliphatic carbocycles. The van der Waals surface area contributed by atoms with Gasteiger partial charge in [0.15, 0.2) is 0 Å². The maximum atomic E-state index is 12.8. The Kier molecular flexibility index (Phi) is 5.69. The number of hydrogen-bond donors (Lipinski definition) is 1. The van der Waals surface area contributed by atoms with Crippen molar-refractivity contribution in [2.45, 2.75) is 46.2 Å². The highest BCUT2D eigenvalue weighted by Crippen LogP contribution is 2.27. The van der Waals surface area contributed by atoms with Gasteiger partial charge in [0.2, 0.25) is 0 Å². The molecule has 2 aromatic heterocycles. The van der Waals surface area contributed by atoms with E-state index in [1.165, 1.54) is 6.92 Å². The van der Waals surface area contributed by atoms with E-state index in [2.05, 4.69) is 32.2 Å². The fourth-order valence-electron chi connectivity index (χ4n) is 2.28. The van der Waals surface area contributed by atoms with E-state index in [1.807, 2.05) is 0 Å². The zero-order valence-corrected chi connectivity index (χ0v) is 13.9. The van der Waals surface area contributed by atoms with Gasteiger partial charge in [0, 0.05) is 30.4 Å². The fourth-order valence-corrected chi connectivity index (χ4v) is 2.28. The zero-order chi connectivity index (χ0) is 17.7. The predicted octanol–water partition coefficient (Wildman–Crippen LogP) is 3.51. The van der Waals surface area contributed by atoms with Gasteiger partial charge in [-0.1, -0.05) is 13.3 Å². The first-order chi connectivity index (χ1) is 11.3. The largest absolute Gasteiger partial charge is 0.433 e. The monoisotopic (exact) mass is 339 g/mol. The Balaban J connectivity index is 2.07. The van der Waals surface area contributed by atoms with Crippen LogP contribution in [0.5, 0.6) is 0 Å². The van der Waals surface area contributed by atoms with Crippen LogP contribution in [-0.4, -0.2) is 26.5 Å². The SMILES string of the molecule is CCCc1cnc(C)nc1NCCc1nc(C)cc(C(F)(F)F)n1. The van der Waals surface area contributed by atoms with Crippen molar-refractivity contribution in [3.8, 4) is 0 Å². The fraction of sp³-hybridized carbons (Fsp3) is 0.500. The van der Waals surface area contributed by atoms with Crippen molar-refractivity contribution in [2.24, 2.45) is 0 Å². The first-order valence-electron chi connectivity index (χ1n) is 7.77. The summed E-state index contributed by atoms with van der Waals surface area (Å²) in [4.78, 5) is 16.2.